The standard InChI is InChI=1S/C14H14Cl2N4S/c1-3-10-7-18-14(21-10)8(2)20-12(5-15)19-11-4-9(16)6-17-13(11)20/h4,6-8H,3,5H2,1-2H3. The van der Waals surface area contributed by atoms with Crippen molar-refractivity contribution in [3.8, 4) is 0 Å². The summed E-state index contributed by atoms with van der Waals surface area (Å²) >= 11 is 13.7. The first-order chi connectivity index (χ1) is 10.1. The van der Waals surface area contributed by atoms with Crippen LogP contribution in [0.1, 0.15) is 35.6 Å². The molecule has 0 aliphatic carbocycles. The van der Waals surface area contributed by atoms with Gasteiger partial charge in [-0.05, 0) is 19.4 Å². The molecule has 110 valence electrons. The number of imidazole rings is 1. The summed E-state index contributed by atoms with van der Waals surface area (Å²) in [6.45, 7) is 4.22. The lowest BCUT2D eigenvalue weighted by molar-refractivity contribution is 0.625. The van der Waals surface area contributed by atoms with E-state index in [1.807, 2.05) is 16.8 Å². The minimum absolute atomic E-state index is 0.0442. The topological polar surface area (TPSA) is 43.6 Å². The predicted octanol–water partition coefficient (Wildman–Crippen LogP) is 4.45. The Morgan fingerprint density at radius 2 is 2.14 bits per heavy atom. The molecule has 21 heavy (non-hydrogen) atoms. The first kappa shape index (κ1) is 14.8. The number of alkyl halides is 1. The van der Waals surface area contributed by atoms with E-state index in [4.69, 9.17) is 23.2 Å². The van der Waals surface area contributed by atoms with Gasteiger partial charge in [-0.1, -0.05) is 18.5 Å². The molecule has 3 aromatic rings. The van der Waals surface area contributed by atoms with Crippen LogP contribution in [0.3, 0.4) is 0 Å². The van der Waals surface area contributed by atoms with Crippen LogP contribution < -0.4 is 0 Å². The van der Waals surface area contributed by atoms with E-state index in [1.165, 1.54) is 4.88 Å². The number of nitrogens with zero attached hydrogens (tertiary/aromatic N) is 4. The maximum atomic E-state index is 6.05. The molecule has 3 aromatic heterocycles. The molecule has 0 spiro atoms. The van der Waals surface area contributed by atoms with E-state index >= 15 is 0 Å². The van der Waals surface area contributed by atoms with E-state index in [-0.39, 0.29) is 6.04 Å². The third-order valence-electron chi connectivity index (χ3n) is 3.35. The second-order valence-electron chi connectivity index (χ2n) is 4.72. The monoisotopic (exact) mass is 340 g/mol. The van der Waals surface area contributed by atoms with Crippen molar-refractivity contribution in [2.24, 2.45) is 0 Å². The van der Waals surface area contributed by atoms with Gasteiger partial charge in [-0.15, -0.1) is 22.9 Å². The van der Waals surface area contributed by atoms with Crippen LogP contribution >= 0.6 is 34.5 Å². The highest BCUT2D eigenvalue weighted by Crippen LogP contribution is 2.29. The fraction of sp³-hybridized carbons (Fsp3) is 0.357. The van der Waals surface area contributed by atoms with Crippen LogP contribution in [0.4, 0.5) is 0 Å². The van der Waals surface area contributed by atoms with Crippen molar-refractivity contribution in [2.75, 3.05) is 0 Å². The summed E-state index contributed by atoms with van der Waals surface area (Å²) < 4.78 is 2.04. The lowest BCUT2D eigenvalue weighted by atomic mass is 10.3. The minimum Gasteiger partial charge on any atom is -0.302 e. The zero-order valence-electron chi connectivity index (χ0n) is 11.7. The molecule has 0 amide bonds. The van der Waals surface area contributed by atoms with Gasteiger partial charge in [0, 0.05) is 17.3 Å². The fourth-order valence-electron chi connectivity index (χ4n) is 2.30. The maximum absolute atomic E-state index is 6.05. The first-order valence-electron chi connectivity index (χ1n) is 6.67. The number of fused-ring (bicyclic) bond motifs is 1. The van der Waals surface area contributed by atoms with E-state index < -0.39 is 0 Å². The van der Waals surface area contributed by atoms with Gasteiger partial charge in [0.05, 0.1) is 16.9 Å². The molecule has 7 heteroatoms. The number of thiazole rings is 1. The number of hydrogen-bond acceptors (Lipinski definition) is 4. The van der Waals surface area contributed by atoms with Crippen molar-refractivity contribution in [1.29, 1.82) is 0 Å². The third kappa shape index (κ3) is 2.65. The van der Waals surface area contributed by atoms with Gasteiger partial charge in [0.2, 0.25) is 0 Å². The first-order valence-corrected chi connectivity index (χ1v) is 8.39. The van der Waals surface area contributed by atoms with Crippen molar-refractivity contribution >= 4 is 45.7 Å². The average molecular weight is 341 g/mol. The lowest BCUT2D eigenvalue weighted by Crippen LogP contribution is -2.10. The van der Waals surface area contributed by atoms with E-state index in [9.17, 15) is 0 Å². The van der Waals surface area contributed by atoms with Crippen LogP contribution in [-0.2, 0) is 12.3 Å². The fourth-order valence-corrected chi connectivity index (χ4v) is 3.54. The van der Waals surface area contributed by atoms with Crippen LogP contribution in [0.5, 0.6) is 0 Å². The Labute approximate surface area is 136 Å². The second kappa shape index (κ2) is 5.91. The zero-order chi connectivity index (χ0) is 15.0. The zero-order valence-corrected chi connectivity index (χ0v) is 14.0. The Kier molecular flexibility index (Phi) is 4.15. The molecule has 0 saturated heterocycles. The molecule has 0 fully saturated rings. The van der Waals surface area contributed by atoms with Gasteiger partial charge in [-0.25, -0.2) is 15.0 Å². The normalized spacial score (nSPS) is 13.0. The van der Waals surface area contributed by atoms with Crippen molar-refractivity contribution in [3.63, 3.8) is 0 Å². The van der Waals surface area contributed by atoms with Gasteiger partial charge in [0.1, 0.15) is 16.3 Å². The number of aromatic nitrogens is 4. The number of halogens is 2. The Morgan fingerprint density at radius 1 is 1.33 bits per heavy atom. The Balaban J connectivity index is 2.13. The summed E-state index contributed by atoms with van der Waals surface area (Å²) in [7, 11) is 0. The molecule has 1 atom stereocenters. The average Bonchev–Trinajstić information content (AvgIpc) is 3.09. The van der Waals surface area contributed by atoms with E-state index in [1.54, 1.807) is 17.5 Å². The van der Waals surface area contributed by atoms with Crippen LogP contribution in [0, 0.1) is 0 Å². The highest BCUT2D eigenvalue weighted by atomic mass is 35.5. The van der Waals surface area contributed by atoms with Crippen molar-refractivity contribution in [2.45, 2.75) is 32.2 Å². The summed E-state index contributed by atoms with van der Waals surface area (Å²) in [4.78, 5) is 14.7. The van der Waals surface area contributed by atoms with Crippen LogP contribution in [0.2, 0.25) is 5.02 Å². The minimum atomic E-state index is 0.0442. The molecule has 4 nitrogen and oxygen atoms in total. The molecule has 0 aromatic carbocycles. The summed E-state index contributed by atoms with van der Waals surface area (Å²) in [5, 5.41) is 1.61. The molecule has 0 bridgehead atoms. The molecule has 3 heterocycles. The van der Waals surface area contributed by atoms with E-state index in [2.05, 4.69) is 28.8 Å². The number of hydrogen-bond donors (Lipinski definition) is 0. The highest BCUT2D eigenvalue weighted by Gasteiger charge is 2.20. The third-order valence-corrected chi connectivity index (χ3v) is 5.11. The highest BCUT2D eigenvalue weighted by molar-refractivity contribution is 7.11. The lowest BCUT2D eigenvalue weighted by Gasteiger charge is -2.13. The smallest absolute Gasteiger partial charge is 0.160 e. The van der Waals surface area contributed by atoms with Crippen molar-refractivity contribution < 1.29 is 0 Å². The number of aryl methyl sites for hydroxylation is 1. The molecule has 0 saturated carbocycles. The summed E-state index contributed by atoms with van der Waals surface area (Å²) in [5.41, 5.74) is 1.55. The Bertz CT molecular complexity index is 780. The summed E-state index contributed by atoms with van der Waals surface area (Å²) in [6.07, 6.45) is 4.55. The van der Waals surface area contributed by atoms with E-state index in [0.29, 0.717) is 10.9 Å². The van der Waals surface area contributed by atoms with Gasteiger partial charge >= 0.3 is 0 Å². The van der Waals surface area contributed by atoms with Crippen molar-refractivity contribution in [3.05, 3.63) is 39.2 Å². The SMILES string of the molecule is CCc1cnc(C(C)n2c(CCl)nc3cc(Cl)cnc32)s1. The van der Waals surface area contributed by atoms with Crippen LogP contribution in [0.25, 0.3) is 11.2 Å². The van der Waals surface area contributed by atoms with E-state index in [0.717, 1.165) is 28.4 Å². The summed E-state index contributed by atoms with van der Waals surface area (Å²) in [6, 6.07) is 1.85. The van der Waals surface area contributed by atoms with Gasteiger partial charge in [0.25, 0.3) is 0 Å². The molecule has 0 radical (unpaired) electrons. The van der Waals surface area contributed by atoms with Gasteiger partial charge in [-0.2, -0.15) is 0 Å². The molecular weight excluding hydrogens is 327 g/mol. The van der Waals surface area contributed by atoms with Crippen LogP contribution in [-0.4, -0.2) is 19.5 Å². The predicted molar refractivity (Wildman–Crippen MR) is 87.4 cm³/mol. The molecule has 0 aliphatic rings. The van der Waals surface area contributed by atoms with Crippen molar-refractivity contribution in [1.82, 2.24) is 19.5 Å². The molecule has 0 aliphatic heterocycles. The maximum Gasteiger partial charge on any atom is 0.160 e. The summed E-state index contributed by atoms with van der Waals surface area (Å²) in [5.74, 6) is 1.10. The number of pyridine rings is 1. The Morgan fingerprint density at radius 3 is 2.81 bits per heavy atom. The Hall–Kier alpha value is -1.17. The largest absolute Gasteiger partial charge is 0.302 e. The molecule has 1 unspecified atom stereocenters. The molecule has 0 N–H and O–H groups in total. The molecule has 3 rings (SSSR count). The van der Waals surface area contributed by atoms with Gasteiger partial charge in [-0.3, -0.25) is 0 Å². The van der Waals surface area contributed by atoms with Gasteiger partial charge < -0.3 is 4.57 Å². The molecular formula is C14H14Cl2N4S. The number of rotatable bonds is 4. The quantitative estimate of drug-likeness (QED) is 0.659. The second-order valence-corrected chi connectivity index (χ2v) is 6.57. The van der Waals surface area contributed by atoms with Gasteiger partial charge in [0.15, 0.2) is 5.65 Å². The van der Waals surface area contributed by atoms with Crippen LogP contribution in [0.15, 0.2) is 18.5 Å².